The van der Waals surface area contributed by atoms with Gasteiger partial charge in [0.25, 0.3) is 0 Å². The molecule has 1 atom stereocenters. The third kappa shape index (κ3) is 1.96. The summed E-state index contributed by atoms with van der Waals surface area (Å²) in [6.07, 6.45) is 2.64. The normalized spacial score (nSPS) is 21.6. The third-order valence-electron chi connectivity index (χ3n) is 2.44. The number of rotatable bonds is 2. The SMILES string of the molecule is OC[C@H]1CCN(c2nccc(Cl)n2)C1. The van der Waals surface area contributed by atoms with Crippen molar-refractivity contribution in [1.82, 2.24) is 9.97 Å². The largest absolute Gasteiger partial charge is 0.396 e. The zero-order valence-corrected chi connectivity index (χ0v) is 8.48. The summed E-state index contributed by atoms with van der Waals surface area (Å²) in [7, 11) is 0. The van der Waals surface area contributed by atoms with Gasteiger partial charge in [-0.15, -0.1) is 0 Å². The molecule has 0 aromatic carbocycles. The first-order valence-electron chi connectivity index (χ1n) is 4.64. The predicted octanol–water partition coefficient (Wildman–Crippen LogP) is 0.949. The highest BCUT2D eigenvalue weighted by Crippen LogP contribution is 2.20. The van der Waals surface area contributed by atoms with Crippen LogP contribution in [0.15, 0.2) is 12.3 Å². The maximum atomic E-state index is 8.99. The second kappa shape index (κ2) is 4.11. The lowest BCUT2D eigenvalue weighted by Gasteiger charge is -2.15. The van der Waals surface area contributed by atoms with Crippen molar-refractivity contribution in [3.8, 4) is 0 Å². The molecule has 1 aromatic rings. The molecule has 0 spiro atoms. The molecule has 0 radical (unpaired) electrons. The van der Waals surface area contributed by atoms with Crippen molar-refractivity contribution in [2.45, 2.75) is 6.42 Å². The second-order valence-corrected chi connectivity index (χ2v) is 3.85. The molecule has 1 aliphatic rings. The third-order valence-corrected chi connectivity index (χ3v) is 2.65. The van der Waals surface area contributed by atoms with Gasteiger partial charge in [-0.25, -0.2) is 9.97 Å². The summed E-state index contributed by atoms with van der Waals surface area (Å²) in [5, 5.41) is 9.45. The van der Waals surface area contributed by atoms with Crippen LogP contribution in [0.3, 0.4) is 0 Å². The van der Waals surface area contributed by atoms with Gasteiger partial charge in [0, 0.05) is 31.8 Å². The Hall–Kier alpha value is -0.870. The zero-order valence-electron chi connectivity index (χ0n) is 7.73. The fraction of sp³-hybridized carbons (Fsp3) is 0.556. The van der Waals surface area contributed by atoms with Gasteiger partial charge in [-0.2, -0.15) is 0 Å². The number of halogens is 1. The molecule has 1 aliphatic heterocycles. The van der Waals surface area contributed by atoms with Crippen molar-refractivity contribution in [2.75, 3.05) is 24.6 Å². The summed E-state index contributed by atoms with van der Waals surface area (Å²) < 4.78 is 0. The Kier molecular flexibility index (Phi) is 2.84. The predicted molar refractivity (Wildman–Crippen MR) is 54.4 cm³/mol. The number of hydrogen-bond donors (Lipinski definition) is 1. The molecule has 1 fully saturated rings. The summed E-state index contributed by atoms with van der Waals surface area (Å²) in [6, 6.07) is 1.66. The van der Waals surface area contributed by atoms with Gasteiger partial charge in [0.2, 0.25) is 5.95 Å². The van der Waals surface area contributed by atoms with Crippen molar-refractivity contribution in [3.05, 3.63) is 17.4 Å². The summed E-state index contributed by atoms with van der Waals surface area (Å²) in [4.78, 5) is 10.3. The van der Waals surface area contributed by atoms with E-state index in [1.807, 2.05) is 4.90 Å². The van der Waals surface area contributed by atoms with E-state index in [0.717, 1.165) is 19.5 Å². The van der Waals surface area contributed by atoms with E-state index in [0.29, 0.717) is 17.0 Å². The van der Waals surface area contributed by atoms with Crippen molar-refractivity contribution >= 4 is 17.5 Å². The first-order chi connectivity index (χ1) is 6.79. The molecule has 4 nitrogen and oxygen atoms in total. The highest BCUT2D eigenvalue weighted by Gasteiger charge is 2.23. The Balaban J connectivity index is 2.09. The fourth-order valence-electron chi connectivity index (χ4n) is 1.64. The molecule has 0 amide bonds. The number of aliphatic hydroxyl groups is 1. The fourth-order valence-corrected chi connectivity index (χ4v) is 1.77. The highest BCUT2D eigenvalue weighted by molar-refractivity contribution is 6.29. The Labute approximate surface area is 87.5 Å². The number of anilines is 1. The molecule has 76 valence electrons. The van der Waals surface area contributed by atoms with Crippen molar-refractivity contribution < 1.29 is 5.11 Å². The average Bonchev–Trinajstić information content (AvgIpc) is 2.66. The monoisotopic (exact) mass is 213 g/mol. The van der Waals surface area contributed by atoms with Gasteiger partial charge in [-0.3, -0.25) is 0 Å². The first kappa shape index (κ1) is 9.68. The molecule has 2 heterocycles. The molecule has 1 saturated heterocycles. The lowest BCUT2D eigenvalue weighted by Crippen LogP contribution is -2.22. The van der Waals surface area contributed by atoms with E-state index in [2.05, 4.69) is 9.97 Å². The molecular weight excluding hydrogens is 202 g/mol. The smallest absolute Gasteiger partial charge is 0.226 e. The van der Waals surface area contributed by atoms with Crippen LogP contribution in [-0.4, -0.2) is 34.8 Å². The minimum atomic E-state index is 0.233. The summed E-state index contributed by atoms with van der Waals surface area (Å²) >= 11 is 5.77. The molecule has 0 unspecified atom stereocenters. The van der Waals surface area contributed by atoms with Crippen LogP contribution in [0.2, 0.25) is 5.15 Å². The maximum absolute atomic E-state index is 8.99. The molecular formula is C9H12ClN3O. The van der Waals surface area contributed by atoms with E-state index < -0.39 is 0 Å². The number of aromatic nitrogens is 2. The van der Waals surface area contributed by atoms with Crippen LogP contribution in [0.1, 0.15) is 6.42 Å². The number of hydrogen-bond acceptors (Lipinski definition) is 4. The van der Waals surface area contributed by atoms with Gasteiger partial charge in [-0.05, 0) is 12.5 Å². The van der Waals surface area contributed by atoms with Crippen LogP contribution in [0.25, 0.3) is 0 Å². The molecule has 2 rings (SSSR count). The Morgan fingerprint density at radius 2 is 2.50 bits per heavy atom. The lowest BCUT2D eigenvalue weighted by atomic mass is 10.1. The molecule has 0 aliphatic carbocycles. The van der Waals surface area contributed by atoms with E-state index in [-0.39, 0.29) is 6.61 Å². The second-order valence-electron chi connectivity index (χ2n) is 3.46. The van der Waals surface area contributed by atoms with E-state index in [1.165, 1.54) is 0 Å². The number of aliphatic hydroxyl groups excluding tert-OH is 1. The standard InChI is InChI=1S/C9H12ClN3O/c10-8-1-3-11-9(12-8)13-4-2-7(5-13)6-14/h1,3,7,14H,2,4-6H2/t7-/m0/s1. The minimum Gasteiger partial charge on any atom is -0.396 e. The average molecular weight is 214 g/mol. The maximum Gasteiger partial charge on any atom is 0.226 e. The summed E-state index contributed by atoms with van der Waals surface area (Å²) in [5.74, 6) is 1.01. The molecule has 0 bridgehead atoms. The van der Waals surface area contributed by atoms with Crippen LogP contribution in [0, 0.1) is 5.92 Å². The zero-order chi connectivity index (χ0) is 9.97. The Morgan fingerprint density at radius 1 is 1.64 bits per heavy atom. The van der Waals surface area contributed by atoms with Gasteiger partial charge < -0.3 is 10.0 Å². The van der Waals surface area contributed by atoms with Gasteiger partial charge in [0.05, 0.1) is 0 Å². The Bertz CT molecular complexity index is 321. The van der Waals surface area contributed by atoms with Gasteiger partial charge >= 0.3 is 0 Å². The van der Waals surface area contributed by atoms with Crippen molar-refractivity contribution in [3.63, 3.8) is 0 Å². The van der Waals surface area contributed by atoms with Gasteiger partial charge in [-0.1, -0.05) is 11.6 Å². The molecule has 5 heteroatoms. The Morgan fingerprint density at radius 3 is 3.14 bits per heavy atom. The van der Waals surface area contributed by atoms with Crippen LogP contribution >= 0.6 is 11.6 Å². The minimum absolute atomic E-state index is 0.233. The first-order valence-corrected chi connectivity index (χ1v) is 5.02. The molecule has 0 saturated carbocycles. The van der Waals surface area contributed by atoms with E-state index in [1.54, 1.807) is 12.3 Å². The van der Waals surface area contributed by atoms with Gasteiger partial charge in [0.1, 0.15) is 5.15 Å². The molecule has 14 heavy (non-hydrogen) atoms. The quantitative estimate of drug-likeness (QED) is 0.744. The van der Waals surface area contributed by atoms with Crippen molar-refractivity contribution in [2.24, 2.45) is 5.92 Å². The summed E-state index contributed by atoms with van der Waals surface area (Å²) in [6.45, 7) is 1.94. The van der Waals surface area contributed by atoms with E-state index in [9.17, 15) is 0 Å². The van der Waals surface area contributed by atoms with Gasteiger partial charge in [0.15, 0.2) is 0 Å². The van der Waals surface area contributed by atoms with Crippen LogP contribution in [0.5, 0.6) is 0 Å². The lowest BCUT2D eigenvalue weighted by molar-refractivity contribution is 0.238. The summed E-state index contributed by atoms with van der Waals surface area (Å²) in [5.41, 5.74) is 0. The van der Waals surface area contributed by atoms with E-state index in [4.69, 9.17) is 16.7 Å². The van der Waals surface area contributed by atoms with Crippen molar-refractivity contribution in [1.29, 1.82) is 0 Å². The molecule has 1 N–H and O–H groups in total. The van der Waals surface area contributed by atoms with E-state index >= 15 is 0 Å². The topological polar surface area (TPSA) is 49.2 Å². The van der Waals surface area contributed by atoms with Crippen LogP contribution in [-0.2, 0) is 0 Å². The van der Waals surface area contributed by atoms with Crippen LogP contribution < -0.4 is 4.90 Å². The number of nitrogens with zero attached hydrogens (tertiary/aromatic N) is 3. The highest BCUT2D eigenvalue weighted by atomic mass is 35.5. The van der Waals surface area contributed by atoms with Crippen LogP contribution in [0.4, 0.5) is 5.95 Å². The molecule has 1 aromatic heterocycles.